The van der Waals surface area contributed by atoms with Crippen molar-refractivity contribution in [2.24, 2.45) is 5.73 Å². The fourth-order valence-electron chi connectivity index (χ4n) is 0.996. The number of carbonyl (C=O) groups is 1. The van der Waals surface area contributed by atoms with E-state index in [0.29, 0.717) is 22.8 Å². The average molecular weight is 250 g/mol. The zero-order valence-corrected chi connectivity index (χ0v) is 9.47. The second kappa shape index (κ2) is 5.14. The molecule has 5 nitrogen and oxygen atoms in total. The maximum absolute atomic E-state index is 10.3. The third-order valence-corrected chi connectivity index (χ3v) is 2.28. The predicted octanol–water partition coefficient (Wildman–Crippen LogP) is 1.73. The Morgan fingerprint density at radius 3 is 2.73 bits per heavy atom. The van der Waals surface area contributed by atoms with E-state index in [-0.39, 0.29) is 11.9 Å². The van der Waals surface area contributed by atoms with E-state index in [1.807, 2.05) is 0 Å². The van der Waals surface area contributed by atoms with Crippen molar-refractivity contribution in [3.63, 3.8) is 0 Å². The summed E-state index contributed by atoms with van der Waals surface area (Å²) in [5, 5.41) is 0.365. The van der Waals surface area contributed by atoms with Crippen LogP contribution in [0, 0.1) is 6.92 Å². The lowest BCUT2D eigenvalue weighted by Gasteiger charge is -2.06. The quantitative estimate of drug-likeness (QED) is 0.654. The van der Waals surface area contributed by atoms with Crippen LogP contribution in [0.25, 0.3) is 0 Å². The van der Waals surface area contributed by atoms with Crippen LogP contribution in [0.2, 0.25) is 10.4 Å². The van der Waals surface area contributed by atoms with E-state index >= 15 is 0 Å². The molecule has 0 aromatic carbocycles. The summed E-state index contributed by atoms with van der Waals surface area (Å²) >= 11 is 11.4. The molecule has 0 saturated heterocycles. The Morgan fingerprint density at radius 1 is 1.47 bits per heavy atom. The number of amides is 1. The summed E-state index contributed by atoms with van der Waals surface area (Å²) in [7, 11) is 0. The summed E-state index contributed by atoms with van der Waals surface area (Å²) < 4.78 is 4.57. The third kappa shape index (κ3) is 3.53. The highest BCUT2D eigenvalue weighted by Crippen LogP contribution is 2.17. The maximum Gasteiger partial charge on any atom is 0.404 e. The molecule has 82 valence electrons. The molecule has 0 radical (unpaired) electrons. The van der Waals surface area contributed by atoms with Crippen LogP contribution in [0.4, 0.5) is 4.79 Å². The first-order valence-corrected chi connectivity index (χ1v) is 4.87. The van der Waals surface area contributed by atoms with E-state index in [0.717, 1.165) is 0 Å². The number of rotatable bonds is 3. The van der Waals surface area contributed by atoms with Gasteiger partial charge in [-0.1, -0.05) is 11.6 Å². The number of carbonyl (C=O) groups excluding carboxylic acids is 1. The molecule has 0 fully saturated rings. The van der Waals surface area contributed by atoms with Crippen LogP contribution in [0.5, 0.6) is 0 Å². The minimum atomic E-state index is -0.820. The number of hydrogen-bond acceptors (Lipinski definition) is 4. The monoisotopic (exact) mass is 249 g/mol. The molecule has 0 spiro atoms. The summed E-state index contributed by atoms with van der Waals surface area (Å²) in [6, 6.07) is 0. The fourth-order valence-corrected chi connectivity index (χ4v) is 1.41. The Bertz CT molecular complexity index is 384. The van der Waals surface area contributed by atoms with Gasteiger partial charge in [0.1, 0.15) is 5.15 Å². The zero-order chi connectivity index (χ0) is 11.4. The van der Waals surface area contributed by atoms with Gasteiger partial charge in [0, 0.05) is 12.0 Å². The van der Waals surface area contributed by atoms with Gasteiger partial charge in [-0.15, -0.1) is 0 Å². The summed E-state index contributed by atoms with van der Waals surface area (Å²) in [5.41, 5.74) is 6.17. The normalized spacial score (nSPS) is 10.1. The van der Waals surface area contributed by atoms with Gasteiger partial charge in [-0.05, 0) is 18.5 Å². The second-order valence-electron chi connectivity index (χ2n) is 2.77. The van der Waals surface area contributed by atoms with Crippen molar-refractivity contribution in [2.45, 2.75) is 13.3 Å². The summed E-state index contributed by atoms with van der Waals surface area (Å²) in [4.78, 5) is 18.1. The van der Waals surface area contributed by atoms with Gasteiger partial charge in [0.15, 0.2) is 0 Å². The van der Waals surface area contributed by atoms with Gasteiger partial charge in [-0.3, -0.25) is 0 Å². The zero-order valence-electron chi connectivity index (χ0n) is 7.96. The number of halogens is 2. The highest BCUT2D eigenvalue weighted by atomic mass is 35.5. The molecular formula is C8H9Cl2N3O2. The molecule has 1 amide bonds. The van der Waals surface area contributed by atoms with Crippen LogP contribution in [0.3, 0.4) is 0 Å². The SMILES string of the molecule is Cc1c(Cl)nc(Cl)nc1CCOC(N)=O. The second-order valence-corrected chi connectivity index (χ2v) is 3.47. The van der Waals surface area contributed by atoms with Gasteiger partial charge >= 0.3 is 6.09 Å². The summed E-state index contributed by atoms with van der Waals surface area (Å²) in [5.74, 6) is 0. The lowest BCUT2D eigenvalue weighted by atomic mass is 10.2. The van der Waals surface area contributed by atoms with E-state index in [9.17, 15) is 4.79 Å². The molecule has 1 heterocycles. The standard InChI is InChI=1S/C8H9Cl2N3O2/c1-4-5(2-3-15-8(11)14)12-7(10)13-6(4)9/h2-3H2,1H3,(H2,11,14). The van der Waals surface area contributed by atoms with Crippen LogP contribution in [0.1, 0.15) is 11.3 Å². The molecule has 0 aliphatic carbocycles. The van der Waals surface area contributed by atoms with Gasteiger partial charge in [0.05, 0.1) is 12.3 Å². The van der Waals surface area contributed by atoms with Gasteiger partial charge in [-0.25, -0.2) is 14.8 Å². The van der Waals surface area contributed by atoms with Crippen LogP contribution >= 0.6 is 23.2 Å². The lowest BCUT2D eigenvalue weighted by Crippen LogP contribution is -2.15. The van der Waals surface area contributed by atoms with Gasteiger partial charge in [0.25, 0.3) is 0 Å². The van der Waals surface area contributed by atoms with Crippen molar-refractivity contribution >= 4 is 29.3 Å². The van der Waals surface area contributed by atoms with Crippen LogP contribution in [0.15, 0.2) is 0 Å². The lowest BCUT2D eigenvalue weighted by molar-refractivity contribution is 0.158. The van der Waals surface area contributed by atoms with Crippen molar-refractivity contribution < 1.29 is 9.53 Å². The van der Waals surface area contributed by atoms with Crippen LogP contribution in [-0.4, -0.2) is 22.7 Å². The largest absolute Gasteiger partial charge is 0.449 e. The van der Waals surface area contributed by atoms with Crippen molar-refractivity contribution in [1.29, 1.82) is 0 Å². The minimum absolute atomic E-state index is 0.0691. The molecule has 0 saturated carbocycles. The van der Waals surface area contributed by atoms with E-state index in [4.69, 9.17) is 28.9 Å². The van der Waals surface area contributed by atoms with E-state index in [1.54, 1.807) is 6.92 Å². The van der Waals surface area contributed by atoms with Crippen molar-refractivity contribution in [3.8, 4) is 0 Å². The Labute approximate surface area is 96.6 Å². The van der Waals surface area contributed by atoms with Gasteiger partial charge in [-0.2, -0.15) is 0 Å². The van der Waals surface area contributed by atoms with Crippen molar-refractivity contribution in [1.82, 2.24) is 9.97 Å². The molecule has 1 aromatic rings. The molecular weight excluding hydrogens is 241 g/mol. The van der Waals surface area contributed by atoms with Crippen LogP contribution < -0.4 is 5.73 Å². The molecule has 0 unspecified atom stereocenters. The molecule has 0 atom stereocenters. The van der Waals surface area contributed by atoms with Crippen molar-refractivity contribution in [3.05, 3.63) is 21.7 Å². The molecule has 0 aliphatic heterocycles. The average Bonchev–Trinajstić information content (AvgIpc) is 2.12. The molecule has 2 N–H and O–H groups in total. The highest BCUT2D eigenvalue weighted by Gasteiger charge is 2.08. The van der Waals surface area contributed by atoms with Crippen molar-refractivity contribution in [2.75, 3.05) is 6.61 Å². The maximum atomic E-state index is 10.3. The van der Waals surface area contributed by atoms with Gasteiger partial charge < -0.3 is 10.5 Å². The fraction of sp³-hybridized carbons (Fsp3) is 0.375. The Hall–Kier alpha value is -1.07. The summed E-state index contributed by atoms with van der Waals surface area (Å²) in [6.45, 7) is 1.90. The number of nitrogens with two attached hydrogens (primary N) is 1. The first kappa shape index (κ1) is 12.0. The Kier molecular flexibility index (Phi) is 4.11. The van der Waals surface area contributed by atoms with Crippen LogP contribution in [-0.2, 0) is 11.2 Å². The Balaban J connectivity index is 2.72. The van der Waals surface area contributed by atoms with E-state index < -0.39 is 6.09 Å². The number of primary amides is 1. The topological polar surface area (TPSA) is 78.1 Å². The molecule has 0 aliphatic rings. The van der Waals surface area contributed by atoms with E-state index in [1.165, 1.54) is 0 Å². The first-order valence-electron chi connectivity index (χ1n) is 4.11. The minimum Gasteiger partial charge on any atom is -0.449 e. The Morgan fingerprint density at radius 2 is 2.13 bits per heavy atom. The number of nitrogens with zero attached hydrogens (tertiary/aromatic N) is 2. The smallest absolute Gasteiger partial charge is 0.404 e. The number of aromatic nitrogens is 2. The number of hydrogen-bond donors (Lipinski definition) is 1. The first-order chi connectivity index (χ1) is 7.00. The third-order valence-electron chi connectivity index (χ3n) is 1.74. The highest BCUT2D eigenvalue weighted by molar-refractivity contribution is 6.32. The van der Waals surface area contributed by atoms with E-state index in [2.05, 4.69) is 14.7 Å². The molecule has 1 aromatic heterocycles. The predicted molar refractivity (Wildman–Crippen MR) is 56.0 cm³/mol. The molecule has 7 heteroatoms. The van der Waals surface area contributed by atoms with Gasteiger partial charge in [0.2, 0.25) is 5.28 Å². The molecule has 0 bridgehead atoms. The molecule has 15 heavy (non-hydrogen) atoms. The molecule has 1 rings (SSSR count). The number of ether oxygens (including phenoxy) is 1. The summed E-state index contributed by atoms with van der Waals surface area (Å²) in [6.07, 6.45) is -0.421.